The molecule has 2 amide bonds. The average Bonchev–Trinajstić information content (AvgIpc) is 1.93. The van der Waals surface area contributed by atoms with Crippen LogP contribution in [0.3, 0.4) is 0 Å². The van der Waals surface area contributed by atoms with Gasteiger partial charge in [-0.3, -0.25) is 9.36 Å². The number of aromatic nitrogens is 14. The number of carbonyl (C=O) groups is 2. The van der Waals surface area contributed by atoms with E-state index in [1.807, 2.05) is 119 Å². The molecule has 10 heterocycles. The van der Waals surface area contributed by atoms with E-state index < -0.39 is 11.2 Å². The number of halogens is 2. The van der Waals surface area contributed by atoms with Crippen LogP contribution in [0.4, 0.5) is 33.4 Å². The second-order valence-electron chi connectivity index (χ2n) is 25.0. The van der Waals surface area contributed by atoms with Crippen molar-refractivity contribution in [1.82, 2.24) is 79.2 Å². The van der Waals surface area contributed by atoms with Crippen molar-refractivity contribution < 1.29 is 44.9 Å². The molecule has 500 valence electrons. The maximum absolute atomic E-state index is 12.5. The minimum atomic E-state index is -0.533. The van der Waals surface area contributed by atoms with Crippen molar-refractivity contribution in [1.29, 1.82) is 0 Å². The zero-order chi connectivity index (χ0) is 67.3. The number of carbonyl (C=O) groups excluding carboxylic acids is 2. The van der Waals surface area contributed by atoms with Gasteiger partial charge in [-0.1, -0.05) is 50.2 Å². The molecule has 0 radical (unpaired) electrons. The fourth-order valence-corrected chi connectivity index (χ4v) is 10.9. The Hall–Kier alpha value is -7.85. The maximum atomic E-state index is 12.5. The van der Waals surface area contributed by atoms with Crippen LogP contribution in [0.15, 0.2) is 127 Å². The molecule has 4 fully saturated rings. The number of anilines is 4. The molecule has 0 spiro atoms. The van der Waals surface area contributed by atoms with E-state index in [2.05, 4.69) is 149 Å². The standard InChI is InChI=1S/C33H42N10O3.C25H33BrN10O3.C8H9.BrH.Zn/c1-24(26-8-6-5-7-9-26)27-18-34-30(35-19-27)40-10-12-41(13-11-40)31-37-23-36-29(39-31)16-25-17-38-43(20-25)22-28-21-42(14-15-45-28)32(44)46-33(2,3)4;1-25(2,3)39-24(37)35-8-9-38-20(15-35)16-36-14-18(11-31-36)10-21-29-17-30-23(32-21)34-6-4-33(5-7-34)22-27-12-19(26)13-28-22;1-2-8-6-4-3-5-7-8;;/h5-9,17-20,23-24,28H,10-16,21-22H2,1-4H3;11-14,17,20H,4-10,15-16H2,1-3H3;2-7H,1H3;1H;/q;;-1;;+2/p-1/t24?,28-;20-;;;/m00.../s1. The van der Waals surface area contributed by atoms with Crippen LogP contribution in [0.2, 0.25) is 0 Å². The molecular formula is C66H84Br2N20O6Zn. The van der Waals surface area contributed by atoms with Crippen molar-refractivity contribution in [2.45, 2.75) is 111 Å². The molecule has 0 aliphatic carbocycles. The molecule has 2 aromatic carbocycles. The van der Waals surface area contributed by atoms with Gasteiger partial charge >= 0.3 is 42.2 Å². The van der Waals surface area contributed by atoms with E-state index in [-0.39, 0.29) is 30.3 Å². The Bertz CT molecular complexity index is 3630. The van der Waals surface area contributed by atoms with Crippen LogP contribution in [0.1, 0.15) is 101 Å². The monoisotopic (exact) mass is 1470 g/mol. The fourth-order valence-electron chi connectivity index (χ4n) is 10.7. The summed E-state index contributed by atoms with van der Waals surface area (Å²) in [6.45, 7) is 25.5. The first-order valence-electron chi connectivity index (χ1n) is 31.9. The summed E-state index contributed by atoms with van der Waals surface area (Å²) in [5.41, 5.74) is 4.56. The molecule has 26 nitrogen and oxygen atoms in total. The second kappa shape index (κ2) is 34.7. The Morgan fingerprint density at radius 1 is 0.547 bits per heavy atom. The van der Waals surface area contributed by atoms with Gasteiger partial charge in [0.05, 0.1) is 68.5 Å². The number of nitrogens with zero attached hydrogens (tertiary/aromatic N) is 20. The van der Waals surface area contributed by atoms with E-state index in [9.17, 15) is 9.59 Å². The SMILES string of the molecule is CC(C)(C)OC(=O)N1CCO[C@H](Cn2cc(Cc3ncnc(N4CCN(c5ncc(Br)cn5)CC4)n3)cn2)C1.CC(c1ccccc1)c1cnc(N2CCN(c3ncnc(Cc4cnn(C[C@@H]5CN(C(=O)OC(C)(C)C)CCO5)c4)n3)CC2)nc1.C[CH-]c1ccccc1.[Zn+][Br]. The van der Waals surface area contributed by atoms with Gasteiger partial charge < -0.3 is 48.3 Å². The molecule has 8 aromatic rings. The van der Waals surface area contributed by atoms with Crippen molar-refractivity contribution in [3.05, 3.63) is 173 Å². The molecule has 4 saturated heterocycles. The van der Waals surface area contributed by atoms with Crippen LogP contribution >= 0.6 is 29.6 Å². The summed E-state index contributed by atoms with van der Waals surface area (Å²) in [4.78, 5) is 82.3. The van der Waals surface area contributed by atoms with Gasteiger partial charge in [0, 0.05) is 121 Å². The summed E-state index contributed by atoms with van der Waals surface area (Å²) in [7, 11) is 0. The van der Waals surface area contributed by atoms with E-state index in [1.54, 1.807) is 34.8 Å². The van der Waals surface area contributed by atoms with Crippen LogP contribution < -0.4 is 19.6 Å². The molecule has 6 aromatic heterocycles. The molecular weight excluding hydrogens is 1390 g/mol. The third-order valence-corrected chi connectivity index (χ3v) is 16.0. The molecule has 1 unspecified atom stereocenters. The van der Waals surface area contributed by atoms with E-state index >= 15 is 0 Å². The van der Waals surface area contributed by atoms with Crippen molar-refractivity contribution in [2.75, 3.05) is 111 Å². The third-order valence-electron chi connectivity index (χ3n) is 15.6. The first kappa shape index (κ1) is 71.4. The molecule has 0 saturated carbocycles. The first-order chi connectivity index (χ1) is 45.8. The van der Waals surface area contributed by atoms with Gasteiger partial charge in [0.25, 0.3) is 0 Å². The predicted octanol–water partition coefficient (Wildman–Crippen LogP) is 8.84. The van der Waals surface area contributed by atoms with Crippen molar-refractivity contribution in [3.63, 3.8) is 0 Å². The Morgan fingerprint density at radius 2 is 0.947 bits per heavy atom. The summed E-state index contributed by atoms with van der Waals surface area (Å²) in [5.74, 6) is 4.41. The van der Waals surface area contributed by atoms with Crippen LogP contribution in [0.25, 0.3) is 0 Å². The number of ether oxygens (including phenoxy) is 4. The molecule has 29 heteroatoms. The van der Waals surface area contributed by atoms with Crippen molar-refractivity contribution in [3.8, 4) is 0 Å². The minimum absolute atomic E-state index is 0.163. The summed E-state index contributed by atoms with van der Waals surface area (Å²) in [5, 5.41) is 9.01. The van der Waals surface area contributed by atoms with Gasteiger partial charge in [0.1, 0.15) is 35.5 Å². The van der Waals surface area contributed by atoms with Crippen LogP contribution in [-0.4, -0.2) is 207 Å². The Kier molecular flexibility index (Phi) is 26.1. The molecule has 4 aliphatic rings. The van der Waals surface area contributed by atoms with Gasteiger partial charge in [-0.15, -0.1) is 12.1 Å². The van der Waals surface area contributed by atoms with Gasteiger partial charge in [0.2, 0.25) is 23.8 Å². The van der Waals surface area contributed by atoms with Gasteiger partial charge in [0.15, 0.2) is 0 Å². The van der Waals surface area contributed by atoms with Gasteiger partial charge in [-0.2, -0.15) is 44.3 Å². The summed E-state index contributed by atoms with van der Waals surface area (Å²) >= 11 is 7.63. The topological polar surface area (TPSA) is 255 Å². The molecule has 0 N–H and O–H groups in total. The van der Waals surface area contributed by atoms with E-state index in [0.29, 0.717) is 88.9 Å². The van der Waals surface area contributed by atoms with Crippen LogP contribution in [-0.2, 0) is 61.2 Å². The number of rotatable bonds is 15. The average molecular weight is 1480 g/mol. The predicted molar refractivity (Wildman–Crippen MR) is 364 cm³/mol. The number of amides is 2. The number of piperazine rings is 2. The molecule has 0 bridgehead atoms. The number of morpholine rings is 2. The van der Waals surface area contributed by atoms with Gasteiger partial charge in [-0.05, 0) is 79.7 Å². The summed E-state index contributed by atoms with van der Waals surface area (Å²) in [6.07, 6.45) is 20.3. The van der Waals surface area contributed by atoms with Crippen molar-refractivity contribution >= 4 is 65.5 Å². The quantitative estimate of drug-likeness (QED) is 0.0686. The van der Waals surface area contributed by atoms with Crippen LogP contribution in [0.5, 0.6) is 0 Å². The van der Waals surface area contributed by atoms with E-state index in [0.717, 1.165) is 85.4 Å². The third kappa shape index (κ3) is 22.1. The number of hydrogen-bond acceptors (Lipinski definition) is 22. The zero-order valence-corrected chi connectivity index (χ0v) is 61.6. The number of benzene rings is 2. The summed E-state index contributed by atoms with van der Waals surface area (Å²) in [6, 6.07) is 20.7. The van der Waals surface area contributed by atoms with Crippen molar-refractivity contribution in [2.24, 2.45) is 0 Å². The van der Waals surface area contributed by atoms with Crippen LogP contribution in [0, 0.1) is 6.42 Å². The molecule has 3 atom stereocenters. The Balaban J connectivity index is 0.000000197. The fraction of sp³-hybridized carbons (Fsp3) is 0.470. The Morgan fingerprint density at radius 3 is 1.35 bits per heavy atom. The van der Waals surface area contributed by atoms with Gasteiger partial charge in [-0.25, -0.2) is 49.5 Å². The van der Waals surface area contributed by atoms with E-state index in [4.69, 9.17) is 28.9 Å². The normalized spacial score (nSPS) is 17.1. The first-order valence-corrected chi connectivity index (χ1v) is 39.6. The molecule has 12 rings (SSSR count). The molecule has 95 heavy (non-hydrogen) atoms. The molecule has 4 aliphatic heterocycles. The summed E-state index contributed by atoms with van der Waals surface area (Å²) < 4.78 is 27.4. The van der Waals surface area contributed by atoms with E-state index in [1.165, 1.54) is 27.5 Å². The number of hydrogen-bond donors (Lipinski definition) is 0. The Labute approximate surface area is 581 Å². The second-order valence-corrected chi connectivity index (χ2v) is 25.9. The zero-order valence-electron chi connectivity index (χ0n) is 55.4.